The third kappa shape index (κ3) is 3.77. The number of benzene rings is 2. The molecule has 152 valence electrons. The zero-order valence-electron chi connectivity index (χ0n) is 16.0. The Morgan fingerprint density at radius 3 is 2.62 bits per heavy atom. The average molecular weight is 463 g/mol. The summed E-state index contributed by atoms with van der Waals surface area (Å²) in [5.41, 5.74) is -0.0471. The van der Waals surface area contributed by atoms with Gasteiger partial charge in [0.1, 0.15) is 5.54 Å². The van der Waals surface area contributed by atoms with Gasteiger partial charge < -0.3 is 19.9 Å². The van der Waals surface area contributed by atoms with E-state index in [0.29, 0.717) is 11.4 Å². The molecule has 2 aromatic carbocycles. The number of fused-ring (bicyclic) bond motifs is 1. The van der Waals surface area contributed by atoms with E-state index in [9.17, 15) is 19.5 Å². The normalized spacial score (nSPS) is 14.6. The third-order valence-corrected chi connectivity index (χ3v) is 5.17. The van der Waals surface area contributed by atoms with E-state index in [0.717, 1.165) is 0 Å². The van der Waals surface area contributed by atoms with Gasteiger partial charge in [-0.2, -0.15) is 0 Å². The van der Waals surface area contributed by atoms with E-state index in [-0.39, 0.29) is 27.4 Å². The van der Waals surface area contributed by atoms with Crippen molar-refractivity contribution in [2.45, 2.75) is 19.4 Å². The minimum atomic E-state index is -1.16. The summed E-state index contributed by atoms with van der Waals surface area (Å²) in [5, 5.41) is 12.6. The molecule has 0 saturated carbocycles. The summed E-state index contributed by atoms with van der Waals surface area (Å²) in [4.78, 5) is 39.1. The third-order valence-electron chi connectivity index (χ3n) is 4.57. The van der Waals surface area contributed by atoms with E-state index in [1.807, 2.05) is 0 Å². The number of phenolic OH excluding ortho intramolecular Hbond substituents is 1. The summed E-state index contributed by atoms with van der Waals surface area (Å²) in [6.07, 6.45) is 0. The summed E-state index contributed by atoms with van der Waals surface area (Å²) in [7, 11) is 1.35. The number of esters is 1. The summed E-state index contributed by atoms with van der Waals surface area (Å²) in [6, 6.07) is 9.56. The molecule has 2 amide bonds. The van der Waals surface area contributed by atoms with Crippen molar-refractivity contribution in [2.24, 2.45) is 0 Å². The van der Waals surface area contributed by atoms with Crippen molar-refractivity contribution in [3.05, 3.63) is 46.4 Å². The first-order valence-electron chi connectivity index (χ1n) is 8.64. The molecule has 1 aliphatic heterocycles. The van der Waals surface area contributed by atoms with Crippen molar-refractivity contribution in [1.29, 1.82) is 0 Å². The molecule has 8 nitrogen and oxygen atoms in total. The molecule has 2 aromatic rings. The molecule has 0 aliphatic carbocycles. The number of para-hydroxylation sites is 2. The Bertz CT molecular complexity index is 1000. The monoisotopic (exact) mass is 462 g/mol. The lowest BCUT2D eigenvalue weighted by atomic mass is 9.96. The molecule has 1 aliphatic rings. The number of ether oxygens (including phenoxy) is 2. The van der Waals surface area contributed by atoms with Crippen LogP contribution >= 0.6 is 15.9 Å². The van der Waals surface area contributed by atoms with E-state index < -0.39 is 24.0 Å². The smallest absolute Gasteiger partial charge is 0.338 e. The van der Waals surface area contributed by atoms with Crippen molar-refractivity contribution >= 4 is 45.1 Å². The lowest BCUT2D eigenvalue weighted by molar-refractivity contribution is -0.128. The second-order valence-corrected chi connectivity index (χ2v) is 7.70. The molecule has 1 heterocycles. The molecule has 0 saturated heterocycles. The zero-order chi connectivity index (χ0) is 21.3. The highest BCUT2D eigenvalue weighted by atomic mass is 79.9. The molecule has 0 radical (unpaired) electrons. The van der Waals surface area contributed by atoms with Crippen LogP contribution in [0.25, 0.3) is 0 Å². The Kier molecular flexibility index (Phi) is 5.52. The maximum absolute atomic E-state index is 12.9. The van der Waals surface area contributed by atoms with Crippen molar-refractivity contribution in [3.8, 4) is 11.5 Å². The van der Waals surface area contributed by atoms with Gasteiger partial charge in [0.2, 0.25) is 5.91 Å². The predicted molar refractivity (Wildman–Crippen MR) is 109 cm³/mol. The first kappa shape index (κ1) is 20.7. The van der Waals surface area contributed by atoms with Crippen LogP contribution in [0.4, 0.5) is 11.4 Å². The highest BCUT2D eigenvalue weighted by molar-refractivity contribution is 9.10. The largest absolute Gasteiger partial charge is 0.503 e. The number of nitrogens with zero attached hydrogens (tertiary/aromatic N) is 1. The lowest BCUT2D eigenvalue weighted by Crippen LogP contribution is -2.59. The fourth-order valence-corrected chi connectivity index (χ4v) is 3.46. The molecule has 9 heteroatoms. The van der Waals surface area contributed by atoms with Crippen molar-refractivity contribution in [3.63, 3.8) is 0 Å². The SMILES string of the molecule is COc1cc(C(=O)OCC(=O)N2c3ccccc3NC(=O)C2(C)C)cc(Br)c1O. The number of hydrogen-bond acceptors (Lipinski definition) is 6. The van der Waals surface area contributed by atoms with Crippen LogP contribution in [0.3, 0.4) is 0 Å². The molecule has 3 rings (SSSR count). The Balaban J connectivity index is 1.81. The molecule has 29 heavy (non-hydrogen) atoms. The van der Waals surface area contributed by atoms with Gasteiger partial charge in [0, 0.05) is 0 Å². The quantitative estimate of drug-likeness (QED) is 0.676. The van der Waals surface area contributed by atoms with Crippen LogP contribution in [0.1, 0.15) is 24.2 Å². The zero-order valence-corrected chi connectivity index (χ0v) is 17.6. The number of methoxy groups -OCH3 is 1. The molecule has 0 fully saturated rings. The molecule has 0 atom stereocenters. The second-order valence-electron chi connectivity index (χ2n) is 6.84. The summed E-state index contributed by atoms with van der Waals surface area (Å²) >= 11 is 3.13. The van der Waals surface area contributed by atoms with E-state index in [4.69, 9.17) is 9.47 Å². The molecule has 2 N–H and O–H groups in total. The lowest BCUT2D eigenvalue weighted by Gasteiger charge is -2.41. The number of carbonyl (C=O) groups excluding carboxylic acids is 3. The highest BCUT2D eigenvalue weighted by Crippen LogP contribution is 2.37. The highest BCUT2D eigenvalue weighted by Gasteiger charge is 2.43. The maximum atomic E-state index is 12.9. The van der Waals surface area contributed by atoms with Crippen molar-refractivity contribution < 1.29 is 29.0 Å². The number of halogens is 1. The van der Waals surface area contributed by atoms with Crippen LogP contribution in [0.2, 0.25) is 0 Å². The van der Waals surface area contributed by atoms with E-state index in [2.05, 4.69) is 21.2 Å². The summed E-state index contributed by atoms with van der Waals surface area (Å²) < 4.78 is 10.4. The Labute approximate surface area is 175 Å². The molecule has 0 bridgehead atoms. The number of aromatic hydroxyl groups is 1. The van der Waals surface area contributed by atoms with E-state index in [1.54, 1.807) is 38.1 Å². The average Bonchev–Trinajstić information content (AvgIpc) is 2.68. The molecule has 0 unspecified atom stereocenters. The molecule has 0 spiro atoms. The van der Waals surface area contributed by atoms with Crippen LogP contribution in [-0.2, 0) is 14.3 Å². The number of anilines is 2. The van der Waals surface area contributed by atoms with Gasteiger partial charge in [0.15, 0.2) is 18.1 Å². The topological polar surface area (TPSA) is 105 Å². The van der Waals surface area contributed by atoms with Gasteiger partial charge in [-0.15, -0.1) is 0 Å². The second kappa shape index (κ2) is 7.75. The van der Waals surface area contributed by atoms with Crippen LogP contribution in [0, 0.1) is 0 Å². The van der Waals surface area contributed by atoms with Crippen molar-refractivity contribution in [2.75, 3.05) is 23.9 Å². The molecule has 0 aromatic heterocycles. The van der Waals surface area contributed by atoms with Gasteiger partial charge >= 0.3 is 5.97 Å². The number of nitrogens with one attached hydrogen (secondary N) is 1. The molecular formula is C20H19BrN2O6. The molecular weight excluding hydrogens is 444 g/mol. The van der Waals surface area contributed by atoms with Gasteiger partial charge in [-0.25, -0.2) is 4.79 Å². The Hall–Kier alpha value is -3.07. The maximum Gasteiger partial charge on any atom is 0.338 e. The van der Waals surface area contributed by atoms with Gasteiger partial charge in [-0.05, 0) is 54.0 Å². The van der Waals surface area contributed by atoms with E-state index >= 15 is 0 Å². The van der Waals surface area contributed by atoms with Gasteiger partial charge in [-0.3, -0.25) is 14.5 Å². The minimum absolute atomic E-state index is 0.0837. The van der Waals surface area contributed by atoms with Gasteiger partial charge in [-0.1, -0.05) is 12.1 Å². The van der Waals surface area contributed by atoms with Crippen LogP contribution < -0.4 is 15.0 Å². The Morgan fingerprint density at radius 2 is 1.93 bits per heavy atom. The van der Waals surface area contributed by atoms with E-state index in [1.165, 1.54) is 24.1 Å². The summed E-state index contributed by atoms with van der Waals surface area (Å²) in [5.74, 6) is -1.73. The first-order valence-corrected chi connectivity index (χ1v) is 9.43. The van der Waals surface area contributed by atoms with Gasteiger partial charge in [0.25, 0.3) is 5.91 Å². The standard InChI is InChI=1S/C20H19BrN2O6/c1-20(2)19(27)22-13-6-4-5-7-14(13)23(20)16(24)10-29-18(26)11-8-12(21)17(25)15(9-11)28-3/h4-9,25H,10H2,1-3H3,(H,22,27). The van der Waals surface area contributed by atoms with Crippen molar-refractivity contribution in [1.82, 2.24) is 0 Å². The Morgan fingerprint density at radius 1 is 1.24 bits per heavy atom. The number of rotatable bonds is 4. The predicted octanol–water partition coefficient (Wildman–Crippen LogP) is 3.08. The number of phenols is 1. The minimum Gasteiger partial charge on any atom is -0.503 e. The number of amides is 2. The van der Waals surface area contributed by atoms with Crippen LogP contribution in [0.15, 0.2) is 40.9 Å². The fourth-order valence-electron chi connectivity index (χ4n) is 3.02. The fraction of sp³-hybridized carbons (Fsp3) is 0.250. The van der Waals surface area contributed by atoms with Gasteiger partial charge in [0.05, 0.1) is 28.5 Å². The number of hydrogen-bond donors (Lipinski definition) is 2. The summed E-state index contributed by atoms with van der Waals surface area (Å²) in [6.45, 7) is 2.66. The first-order chi connectivity index (χ1) is 13.7. The van der Waals surface area contributed by atoms with Crippen LogP contribution in [-0.4, -0.2) is 42.1 Å². The number of carbonyl (C=O) groups is 3. The van der Waals surface area contributed by atoms with Crippen LogP contribution in [0.5, 0.6) is 11.5 Å².